The Morgan fingerprint density at radius 3 is 2.78 bits per heavy atom. The van der Waals surface area contributed by atoms with Gasteiger partial charge in [-0.1, -0.05) is 17.7 Å². The fraction of sp³-hybridized carbons (Fsp3) is 0.111. The minimum atomic E-state index is -0.228. The van der Waals surface area contributed by atoms with Gasteiger partial charge in [0.15, 0.2) is 0 Å². The third-order valence-corrected chi connectivity index (χ3v) is 3.68. The Hall–Kier alpha value is -2.74. The molecule has 27 heavy (non-hydrogen) atoms. The summed E-state index contributed by atoms with van der Waals surface area (Å²) in [5.41, 5.74) is 7.55. The number of nitrogens with one attached hydrogen (secondary N) is 1. The molecule has 0 aliphatic heterocycles. The first kappa shape index (κ1) is 20.6. The van der Waals surface area contributed by atoms with Crippen molar-refractivity contribution in [1.82, 2.24) is 20.3 Å². The van der Waals surface area contributed by atoms with Gasteiger partial charge >= 0.3 is 0 Å². The molecule has 0 atom stereocenters. The number of amides is 1. The number of hydrogen-bond acceptors (Lipinski definition) is 6. The van der Waals surface area contributed by atoms with Crippen molar-refractivity contribution in [2.24, 2.45) is 5.73 Å². The lowest BCUT2D eigenvalue weighted by molar-refractivity contribution is 0.0950. The average Bonchev–Trinajstić information content (AvgIpc) is 2.66. The van der Waals surface area contributed by atoms with Gasteiger partial charge in [-0.15, -0.1) is 12.4 Å². The Bertz CT molecular complexity index is 924. The van der Waals surface area contributed by atoms with Gasteiger partial charge in [0.05, 0.1) is 5.69 Å². The van der Waals surface area contributed by atoms with E-state index < -0.39 is 0 Å². The maximum Gasteiger partial charge on any atom is 0.251 e. The second-order valence-electron chi connectivity index (χ2n) is 5.35. The molecule has 0 unspecified atom stereocenters. The summed E-state index contributed by atoms with van der Waals surface area (Å²) < 4.78 is 5.68. The van der Waals surface area contributed by atoms with Crippen LogP contribution in [0.15, 0.2) is 55.0 Å². The van der Waals surface area contributed by atoms with E-state index in [1.54, 1.807) is 48.7 Å². The maximum atomic E-state index is 12.4. The molecule has 3 aromatic rings. The number of rotatable bonds is 6. The lowest BCUT2D eigenvalue weighted by Gasteiger charge is -2.08. The van der Waals surface area contributed by atoms with E-state index >= 15 is 0 Å². The molecule has 9 heteroatoms. The van der Waals surface area contributed by atoms with Crippen molar-refractivity contribution < 1.29 is 9.53 Å². The summed E-state index contributed by atoms with van der Waals surface area (Å²) >= 11 is 5.84. The Labute approximate surface area is 167 Å². The van der Waals surface area contributed by atoms with E-state index in [1.165, 1.54) is 6.33 Å². The van der Waals surface area contributed by atoms with Crippen molar-refractivity contribution in [2.75, 3.05) is 0 Å². The predicted octanol–water partition coefficient (Wildman–Crippen LogP) is 3.13. The van der Waals surface area contributed by atoms with Crippen LogP contribution in [0, 0.1) is 0 Å². The second-order valence-corrected chi connectivity index (χ2v) is 5.74. The zero-order valence-corrected chi connectivity index (χ0v) is 15.7. The first-order valence-electron chi connectivity index (χ1n) is 7.81. The largest absolute Gasteiger partial charge is 0.439 e. The first-order valence-corrected chi connectivity index (χ1v) is 8.19. The molecule has 0 aliphatic carbocycles. The van der Waals surface area contributed by atoms with Crippen molar-refractivity contribution in [3.05, 3.63) is 77.0 Å². The lowest BCUT2D eigenvalue weighted by Crippen LogP contribution is -2.22. The third kappa shape index (κ3) is 5.89. The quantitative estimate of drug-likeness (QED) is 0.610. The molecule has 0 saturated carbocycles. The van der Waals surface area contributed by atoms with Gasteiger partial charge in [0.2, 0.25) is 5.88 Å². The summed E-state index contributed by atoms with van der Waals surface area (Å²) in [5, 5.41) is 3.21. The highest BCUT2D eigenvalue weighted by Crippen LogP contribution is 2.20. The molecule has 0 radical (unpaired) electrons. The Morgan fingerprint density at radius 1 is 1.15 bits per heavy atom. The van der Waals surface area contributed by atoms with Crippen LogP contribution in [-0.2, 0) is 13.1 Å². The average molecular weight is 406 g/mol. The lowest BCUT2D eigenvalue weighted by atomic mass is 10.2. The number of hydrogen-bond donors (Lipinski definition) is 2. The highest BCUT2D eigenvalue weighted by atomic mass is 35.5. The second kappa shape index (κ2) is 9.82. The van der Waals surface area contributed by atoms with Crippen molar-refractivity contribution in [1.29, 1.82) is 0 Å². The fourth-order valence-corrected chi connectivity index (χ4v) is 2.40. The van der Waals surface area contributed by atoms with Crippen LogP contribution < -0.4 is 15.8 Å². The van der Waals surface area contributed by atoms with Gasteiger partial charge in [0.1, 0.15) is 17.2 Å². The summed E-state index contributed by atoms with van der Waals surface area (Å²) in [6.45, 7) is 0.637. The number of benzene rings is 1. The molecular weight excluding hydrogens is 389 g/mol. The van der Waals surface area contributed by atoms with Crippen LogP contribution in [0.2, 0.25) is 5.15 Å². The molecule has 7 nitrogen and oxygen atoms in total. The monoisotopic (exact) mass is 405 g/mol. The fourth-order valence-electron chi connectivity index (χ4n) is 2.20. The molecule has 2 heterocycles. The number of halogens is 2. The molecule has 0 saturated heterocycles. The molecule has 1 amide bonds. The summed E-state index contributed by atoms with van der Waals surface area (Å²) in [5.74, 6) is 0.629. The van der Waals surface area contributed by atoms with Crippen molar-refractivity contribution >= 4 is 29.9 Å². The van der Waals surface area contributed by atoms with Gasteiger partial charge < -0.3 is 15.8 Å². The first-order chi connectivity index (χ1) is 12.6. The van der Waals surface area contributed by atoms with Crippen LogP contribution in [0.25, 0.3) is 0 Å². The van der Waals surface area contributed by atoms with Crippen molar-refractivity contribution in [3.63, 3.8) is 0 Å². The zero-order valence-electron chi connectivity index (χ0n) is 14.1. The van der Waals surface area contributed by atoms with Crippen LogP contribution in [0.1, 0.15) is 21.6 Å². The van der Waals surface area contributed by atoms with Gasteiger partial charge in [-0.3, -0.25) is 4.79 Å². The molecule has 0 spiro atoms. The summed E-state index contributed by atoms with van der Waals surface area (Å²) in [7, 11) is 0. The standard InChI is InChI=1S/C18H16ClN5O2.ClH/c19-16-6-12(4-5-21-16)10-22-18(25)13-2-1-3-15(7-13)26-17-8-14(9-20)23-11-24-17;/h1-8,11H,9-10,20H2,(H,22,25);1H. The van der Waals surface area contributed by atoms with Crippen LogP contribution in [0.3, 0.4) is 0 Å². The smallest absolute Gasteiger partial charge is 0.251 e. The van der Waals surface area contributed by atoms with Crippen molar-refractivity contribution in [2.45, 2.75) is 13.1 Å². The van der Waals surface area contributed by atoms with E-state index in [9.17, 15) is 4.79 Å². The number of pyridine rings is 1. The van der Waals surface area contributed by atoms with Gasteiger partial charge in [-0.2, -0.15) is 0 Å². The van der Waals surface area contributed by atoms with Gasteiger partial charge in [0.25, 0.3) is 5.91 Å². The summed E-state index contributed by atoms with van der Waals surface area (Å²) in [6, 6.07) is 12.0. The highest BCUT2D eigenvalue weighted by Gasteiger charge is 2.08. The molecule has 2 aromatic heterocycles. The summed E-state index contributed by atoms with van der Waals surface area (Å²) in [6.07, 6.45) is 2.98. The molecule has 3 N–H and O–H groups in total. The Balaban J connectivity index is 0.00000261. The van der Waals surface area contributed by atoms with E-state index in [0.29, 0.717) is 41.1 Å². The van der Waals surface area contributed by atoms with E-state index in [2.05, 4.69) is 20.3 Å². The van der Waals surface area contributed by atoms with E-state index in [-0.39, 0.29) is 18.3 Å². The predicted molar refractivity (Wildman–Crippen MR) is 104 cm³/mol. The Morgan fingerprint density at radius 2 is 2.00 bits per heavy atom. The minimum Gasteiger partial charge on any atom is -0.439 e. The van der Waals surface area contributed by atoms with Gasteiger partial charge in [0, 0.05) is 30.9 Å². The van der Waals surface area contributed by atoms with Gasteiger partial charge in [-0.05, 0) is 35.9 Å². The van der Waals surface area contributed by atoms with Crippen LogP contribution >= 0.6 is 24.0 Å². The number of ether oxygens (including phenoxy) is 1. The maximum absolute atomic E-state index is 12.4. The molecule has 140 valence electrons. The molecule has 3 rings (SSSR count). The normalized spacial score (nSPS) is 10.0. The van der Waals surface area contributed by atoms with Crippen LogP contribution in [0.4, 0.5) is 0 Å². The van der Waals surface area contributed by atoms with Crippen LogP contribution in [-0.4, -0.2) is 20.9 Å². The SMILES string of the molecule is Cl.NCc1cc(Oc2cccc(C(=O)NCc3ccnc(Cl)c3)c2)ncn1. The molecule has 0 fully saturated rings. The third-order valence-electron chi connectivity index (χ3n) is 3.47. The van der Waals surface area contributed by atoms with Gasteiger partial charge in [-0.25, -0.2) is 15.0 Å². The highest BCUT2D eigenvalue weighted by molar-refractivity contribution is 6.29. The minimum absolute atomic E-state index is 0. The van der Waals surface area contributed by atoms with Crippen LogP contribution in [0.5, 0.6) is 11.6 Å². The Kier molecular flexibility index (Phi) is 7.48. The zero-order chi connectivity index (χ0) is 18.4. The number of nitrogens with two attached hydrogens (primary N) is 1. The number of nitrogens with zero attached hydrogens (tertiary/aromatic N) is 3. The topological polar surface area (TPSA) is 103 Å². The molecule has 0 bridgehead atoms. The number of carbonyl (C=O) groups excluding carboxylic acids is 1. The van der Waals surface area contributed by atoms with E-state index in [1.807, 2.05) is 0 Å². The molecule has 1 aromatic carbocycles. The molecule has 0 aliphatic rings. The molecular formula is C18H17Cl2N5O2. The number of carbonyl (C=O) groups is 1. The van der Waals surface area contributed by atoms with Crippen molar-refractivity contribution in [3.8, 4) is 11.6 Å². The summed E-state index contributed by atoms with van der Waals surface area (Å²) in [4.78, 5) is 24.3. The van der Waals surface area contributed by atoms with E-state index in [4.69, 9.17) is 22.1 Å². The van der Waals surface area contributed by atoms with E-state index in [0.717, 1.165) is 5.56 Å². The number of aromatic nitrogens is 3.